The van der Waals surface area contributed by atoms with Crippen molar-refractivity contribution in [2.24, 2.45) is 5.73 Å². The fourth-order valence-electron chi connectivity index (χ4n) is 0.687. The highest BCUT2D eigenvalue weighted by atomic mass is 31.2. The van der Waals surface area contributed by atoms with Crippen molar-refractivity contribution in [1.82, 2.24) is 0 Å². The van der Waals surface area contributed by atoms with Crippen LogP contribution in [0.15, 0.2) is 25.3 Å². The zero-order valence-electron chi connectivity index (χ0n) is 8.56. The monoisotopic (exact) mass is 271 g/mol. The van der Waals surface area contributed by atoms with Gasteiger partial charge in [0.2, 0.25) is 5.52 Å². The molecule has 0 saturated heterocycles. The topological polar surface area (TPSA) is 119 Å². The average molecular weight is 271 g/mol. The smallest absolute Gasteiger partial charge is 0.323 e. The minimum atomic E-state index is -4.76. The van der Waals surface area contributed by atoms with Crippen molar-refractivity contribution >= 4 is 15.2 Å². The van der Waals surface area contributed by atoms with Crippen LogP contribution >= 0.6 is 15.2 Å². The van der Waals surface area contributed by atoms with Gasteiger partial charge >= 0.3 is 15.2 Å². The van der Waals surface area contributed by atoms with Crippen LogP contribution in [0.4, 0.5) is 0 Å². The number of hydrogen-bond acceptors (Lipinski definition) is 5. The third-order valence-electron chi connectivity index (χ3n) is 1.41. The van der Waals surface area contributed by atoms with Crippen molar-refractivity contribution in [3.05, 3.63) is 25.3 Å². The first kappa shape index (κ1) is 15.7. The van der Waals surface area contributed by atoms with E-state index in [-0.39, 0.29) is 13.2 Å². The Morgan fingerprint density at radius 3 is 1.81 bits per heavy atom. The normalized spacial score (nSPS) is 14.4. The molecule has 0 saturated carbocycles. The van der Waals surface area contributed by atoms with Crippen molar-refractivity contribution in [3.8, 4) is 0 Å². The SMILES string of the molecule is C=CCOP(=O)(OCC=C)C(N)P(=O)(O)O. The molecule has 7 nitrogen and oxygen atoms in total. The standard InChI is InChI=1S/C7H15NO6P2/c1-3-5-13-16(12,14-6-4-2)7(8)15(9,10)11/h3-4,7H,1-2,5-6,8H2,(H2,9,10,11). The fourth-order valence-corrected chi connectivity index (χ4v) is 3.57. The summed E-state index contributed by atoms with van der Waals surface area (Å²) in [5.41, 5.74) is 3.15. The number of rotatable bonds is 8. The van der Waals surface area contributed by atoms with E-state index in [1.54, 1.807) is 0 Å². The lowest BCUT2D eigenvalue weighted by molar-refractivity contribution is 0.230. The molecule has 94 valence electrons. The summed E-state index contributed by atoms with van der Waals surface area (Å²) < 4.78 is 32.2. The van der Waals surface area contributed by atoms with E-state index >= 15 is 0 Å². The lowest BCUT2D eigenvalue weighted by Gasteiger charge is -2.23. The summed E-state index contributed by atoms with van der Waals surface area (Å²) in [6, 6.07) is 0. The zero-order valence-corrected chi connectivity index (χ0v) is 10.3. The van der Waals surface area contributed by atoms with E-state index in [1.165, 1.54) is 12.2 Å². The quantitative estimate of drug-likeness (QED) is 0.445. The van der Waals surface area contributed by atoms with Crippen molar-refractivity contribution < 1.29 is 28.0 Å². The first-order chi connectivity index (χ1) is 7.28. The highest BCUT2D eigenvalue weighted by Gasteiger charge is 2.44. The summed E-state index contributed by atoms with van der Waals surface area (Å²) in [6.45, 7) is 6.23. The lowest BCUT2D eigenvalue weighted by Crippen LogP contribution is -2.23. The van der Waals surface area contributed by atoms with Crippen molar-refractivity contribution in [1.29, 1.82) is 0 Å². The summed E-state index contributed by atoms with van der Waals surface area (Å²) in [7, 11) is -8.86. The first-order valence-electron chi connectivity index (χ1n) is 4.19. The van der Waals surface area contributed by atoms with Gasteiger partial charge in [-0.1, -0.05) is 12.2 Å². The molecule has 0 radical (unpaired) electrons. The molecule has 0 bridgehead atoms. The van der Waals surface area contributed by atoms with Gasteiger partial charge in [0.05, 0.1) is 13.2 Å². The predicted molar refractivity (Wildman–Crippen MR) is 59.9 cm³/mol. The molecule has 1 unspecified atom stereocenters. The Balaban J connectivity index is 4.90. The van der Waals surface area contributed by atoms with Crippen LogP contribution in [0.1, 0.15) is 0 Å². The van der Waals surface area contributed by atoms with Crippen LogP contribution in [0.3, 0.4) is 0 Å². The van der Waals surface area contributed by atoms with Gasteiger partial charge in [-0.15, -0.1) is 13.2 Å². The molecule has 0 fully saturated rings. The second-order valence-corrected chi connectivity index (χ2v) is 7.01. The summed E-state index contributed by atoms with van der Waals surface area (Å²) >= 11 is 0. The molecule has 9 heteroatoms. The molecule has 0 aromatic rings. The van der Waals surface area contributed by atoms with Crippen LogP contribution in [0.2, 0.25) is 0 Å². The predicted octanol–water partition coefficient (Wildman–Crippen LogP) is 1.00. The second kappa shape index (κ2) is 6.47. The van der Waals surface area contributed by atoms with Crippen LogP contribution in [-0.2, 0) is 18.2 Å². The van der Waals surface area contributed by atoms with E-state index in [0.29, 0.717) is 0 Å². The minimum absolute atomic E-state index is 0.192. The van der Waals surface area contributed by atoms with Crippen LogP contribution in [0, 0.1) is 0 Å². The Morgan fingerprint density at radius 1 is 1.19 bits per heavy atom. The molecule has 16 heavy (non-hydrogen) atoms. The lowest BCUT2D eigenvalue weighted by atomic mass is 10.7. The molecule has 0 aliphatic carbocycles. The molecule has 0 aliphatic heterocycles. The van der Waals surface area contributed by atoms with Crippen LogP contribution < -0.4 is 5.73 Å². The van der Waals surface area contributed by atoms with Gasteiger partial charge in [0.1, 0.15) is 0 Å². The summed E-state index contributed by atoms with van der Waals surface area (Å²) in [6.07, 6.45) is 2.52. The summed E-state index contributed by atoms with van der Waals surface area (Å²) in [5.74, 6) is 0. The highest BCUT2D eigenvalue weighted by molar-refractivity contribution is 7.71. The van der Waals surface area contributed by atoms with E-state index in [9.17, 15) is 9.13 Å². The Hall–Kier alpha value is -0.260. The third-order valence-corrected chi connectivity index (χ3v) is 5.52. The van der Waals surface area contributed by atoms with E-state index in [1.807, 2.05) is 0 Å². The van der Waals surface area contributed by atoms with Gasteiger partial charge < -0.3 is 24.6 Å². The molecular formula is C7H15NO6P2. The van der Waals surface area contributed by atoms with Gasteiger partial charge in [0, 0.05) is 0 Å². The second-order valence-electron chi connectivity index (χ2n) is 2.71. The summed E-state index contributed by atoms with van der Waals surface area (Å²) in [5, 5.41) is 0. The molecule has 0 aromatic carbocycles. The molecule has 1 atom stereocenters. The van der Waals surface area contributed by atoms with Gasteiger partial charge in [0.25, 0.3) is 0 Å². The van der Waals surface area contributed by atoms with Crippen molar-refractivity contribution in [2.75, 3.05) is 13.2 Å². The van der Waals surface area contributed by atoms with Gasteiger partial charge in [-0.05, 0) is 0 Å². The Morgan fingerprint density at radius 2 is 1.56 bits per heavy atom. The average Bonchev–Trinajstić information content (AvgIpc) is 2.21. The van der Waals surface area contributed by atoms with Gasteiger partial charge in [-0.3, -0.25) is 9.13 Å². The minimum Gasteiger partial charge on any atom is -0.323 e. The highest BCUT2D eigenvalue weighted by Crippen LogP contribution is 2.63. The molecule has 4 N–H and O–H groups in total. The largest absolute Gasteiger partial charge is 0.360 e. The maximum Gasteiger partial charge on any atom is 0.360 e. The molecule has 0 spiro atoms. The number of nitrogens with two attached hydrogens (primary N) is 1. The van der Waals surface area contributed by atoms with E-state index < -0.39 is 20.7 Å². The molecular weight excluding hydrogens is 256 g/mol. The van der Waals surface area contributed by atoms with Crippen molar-refractivity contribution in [3.63, 3.8) is 0 Å². The third kappa shape index (κ3) is 4.72. The molecule has 0 amide bonds. The van der Waals surface area contributed by atoms with Gasteiger partial charge in [-0.2, -0.15) is 0 Å². The zero-order chi connectivity index (χ0) is 12.8. The molecule has 0 aromatic heterocycles. The van der Waals surface area contributed by atoms with E-state index in [4.69, 9.17) is 24.6 Å². The Bertz CT molecular complexity index is 322. The maximum atomic E-state index is 11.9. The first-order valence-corrected chi connectivity index (χ1v) is 7.48. The van der Waals surface area contributed by atoms with Crippen molar-refractivity contribution in [2.45, 2.75) is 5.52 Å². The van der Waals surface area contributed by atoms with Gasteiger partial charge in [0.15, 0.2) is 0 Å². The van der Waals surface area contributed by atoms with E-state index in [0.717, 1.165) is 0 Å². The van der Waals surface area contributed by atoms with Crippen LogP contribution in [-0.4, -0.2) is 28.5 Å². The Kier molecular flexibility index (Phi) is 6.36. The maximum absolute atomic E-state index is 11.9. The van der Waals surface area contributed by atoms with Gasteiger partial charge in [-0.25, -0.2) is 0 Å². The molecule has 0 aliphatic rings. The fraction of sp³-hybridized carbons (Fsp3) is 0.429. The molecule has 0 rings (SSSR count). The summed E-state index contributed by atoms with van der Waals surface area (Å²) in [4.78, 5) is 17.6. The molecule has 0 heterocycles. The Labute approximate surface area is 93.6 Å². The number of hydrogen-bond donors (Lipinski definition) is 3. The van der Waals surface area contributed by atoms with Crippen LogP contribution in [0.25, 0.3) is 0 Å². The van der Waals surface area contributed by atoms with Crippen LogP contribution in [0.5, 0.6) is 0 Å². The van der Waals surface area contributed by atoms with E-state index in [2.05, 4.69) is 13.2 Å².